The third kappa shape index (κ3) is 27.1. The molecule has 0 radical (unpaired) electrons. The lowest BCUT2D eigenvalue weighted by Crippen LogP contribution is -2.69. The van der Waals surface area contributed by atoms with Crippen molar-refractivity contribution in [2.24, 2.45) is 5.73 Å². The number of alkyl carbamates (subject to hydrolysis) is 1. The summed E-state index contributed by atoms with van der Waals surface area (Å²) in [7, 11) is 0. The van der Waals surface area contributed by atoms with Gasteiger partial charge in [0.25, 0.3) is 17.7 Å². The summed E-state index contributed by atoms with van der Waals surface area (Å²) in [6, 6.07) is 3.62. The van der Waals surface area contributed by atoms with E-state index in [-0.39, 0.29) is 58.4 Å². The van der Waals surface area contributed by atoms with E-state index in [2.05, 4.69) is 20.6 Å². The molecule has 0 saturated heterocycles. The van der Waals surface area contributed by atoms with Crippen LogP contribution < -0.4 is 21.4 Å². The molecule has 2 aliphatic heterocycles. The van der Waals surface area contributed by atoms with Crippen molar-refractivity contribution in [1.29, 1.82) is 0 Å². The fraction of sp³-hybridized carbons (Fsp3) is 0.659. The molecule has 2 aliphatic rings. The van der Waals surface area contributed by atoms with Crippen molar-refractivity contribution < 1.29 is 85.9 Å². The van der Waals surface area contributed by atoms with Gasteiger partial charge in [0.2, 0.25) is 11.7 Å². The number of pyridine rings is 1. The van der Waals surface area contributed by atoms with Gasteiger partial charge in [-0.1, -0.05) is 6.92 Å². The largest absolute Gasteiger partial charge is 0.447 e. The number of amides is 5. The average molecular weight is 969 g/mol. The van der Waals surface area contributed by atoms with Gasteiger partial charge in [-0.15, -0.1) is 0 Å². The first-order valence-electron chi connectivity index (χ1n) is 22.8. The summed E-state index contributed by atoms with van der Waals surface area (Å²) in [5.74, 6) is -1.34. The molecule has 0 spiro atoms. The Balaban J connectivity index is 0.958. The maximum Gasteiger partial charge on any atom is 0.407 e. The second-order valence-corrected chi connectivity index (χ2v) is 14.3. The Hall–Kier alpha value is -4.99. The van der Waals surface area contributed by atoms with E-state index in [0.29, 0.717) is 149 Å². The Morgan fingerprint density at radius 1 is 0.662 bits per heavy atom. The van der Waals surface area contributed by atoms with Gasteiger partial charge in [-0.2, -0.15) is 0 Å². The maximum atomic E-state index is 13.2. The molecule has 24 heteroatoms. The van der Waals surface area contributed by atoms with Gasteiger partial charge in [0.05, 0.1) is 145 Å². The number of fused-ring (bicyclic) bond motifs is 1. The van der Waals surface area contributed by atoms with Crippen LogP contribution in [0.4, 0.5) is 10.5 Å². The fourth-order valence-corrected chi connectivity index (χ4v) is 5.69. The van der Waals surface area contributed by atoms with E-state index in [0.717, 1.165) is 22.7 Å². The minimum atomic E-state index is -0.626. The highest BCUT2D eigenvalue weighted by Gasteiger charge is 2.26. The van der Waals surface area contributed by atoms with Gasteiger partial charge >= 0.3 is 6.09 Å². The SMILES string of the molecule is CCCN(OCCNC(=O)OCCOCCOCCOCCOCCOCCOCCOCCOCCOCCOCCNC(=O)CN1C(=O)C=CC1=O)C(=O)C1=Cc2ncccc2[NH+]=C(N)C1. The fourth-order valence-electron chi connectivity index (χ4n) is 5.69. The molecule has 0 bridgehead atoms. The Bertz CT molecular complexity index is 1680. The number of nitrogens with zero attached hydrogens (tertiary/aromatic N) is 3. The summed E-state index contributed by atoms with van der Waals surface area (Å²) in [4.78, 5) is 74.0. The van der Waals surface area contributed by atoms with Crippen molar-refractivity contribution in [3.05, 3.63) is 41.7 Å². The van der Waals surface area contributed by atoms with Crippen LogP contribution in [0.5, 0.6) is 0 Å². The van der Waals surface area contributed by atoms with Gasteiger partial charge < -0.3 is 62.7 Å². The van der Waals surface area contributed by atoms with Gasteiger partial charge in [0.1, 0.15) is 18.8 Å². The van der Waals surface area contributed by atoms with Gasteiger partial charge in [0.15, 0.2) is 5.69 Å². The van der Waals surface area contributed by atoms with Gasteiger partial charge in [-0.3, -0.25) is 39.6 Å². The molecule has 0 aliphatic carbocycles. The minimum Gasteiger partial charge on any atom is -0.447 e. The van der Waals surface area contributed by atoms with E-state index >= 15 is 0 Å². The van der Waals surface area contributed by atoms with E-state index in [1.54, 1.807) is 18.3 Å². The molecule has 3 rings (SSSR count). The number of nitrogens with two attached hydrogens (primary N) is 1. The summed E-state index contributed by atoms with van der Waals surface area (Å²) < 4.78 is 59.7. The Morgan fingerprint density at radius 3 is 1.60 bits per heavy atom. The zero-order chi connectivity index (χ0) is 48.7. The van der Waals surface area contributed by atoms with Gasteiger partial charge in [-0.25, -0.2) is 14.9 Å². The summed E-state index contributed by atoms with van der Waals surface area (Å²) in [6.07, 6.45) is 5.86. The maximum absolute atomic E-state index is 13.2. The minimum absolute atomic E-state index is 0.0594. The van der Waals surface area contributed by atoms with Crippen LogP contribution >= 0.6 is 0 Å². The highest BCUT2D eigenvalue weighted by molar-refractivity contribution is 6.14. The molecular weight excluding hydrogens is 899 g/mol. The number of amidine groups is 1. The molecule has 0 fully saturated rings. The summed E-state index contributed by atoms with van der Waals surface area (Å²) >= 11 is 0. The number of hydrogen-bond acceptors (Lipinski definition) is 19. The molecule has 68 heavy (non-hydrogen) atoms. The number of rotatable bonds is 42. The predicted molar refractivity (Wildman–Crippen MR) is 241 cm³/mol. The van der Waals surface area contributed by atoms with Crippen LogP contribution in [0, 0.1) is 0 Å². The van der Waals surface area contributed by atoms with Crippen molar-refractivity contribution >= 4 is 47.3 Å². The zero-order valence-corrected chi connectivity index (χ0v) is 39.1. The second-order valence-electron chi connectivity index (χ2n) is 14.3. The van der Waals surface area contributed by atoms with Crippen LogP contribution in [0.3, 0.4) is 0 Å². The molecular formula is C44H70N7O17+. The number of aromatic nitrogens is 1. The molecule has 0 saturated carbocycles. The number of carbonyl (C=O) groups is 5. The number of hydroxylamine groups is 2. The molecule has 24 nitrogen and oxygen atoms in total. The van der Waals surface area contributed by atoms with Crippen LogP contribution in [-0.2, 0) is 76.1 Å². The van der Waals surface area contributed by atoms with Crippen molar-refractivity contribution in [2.45, 2.75) is 19.8 Å². The first-order chi connectivity index (χ1) is 33.3. The van der Waals surface area contributed by atoms with E-state index < -0.39 is 23.8 Å². The number of hydrogen-bond donors (Lipinski definition) is 4. The summed E-state index contributed by atoms with van der Waals surface area (Å²) in [5.41, 5.74) is 7.85. The first-order valence-corrected chi connectivity index (χ1v) is 22.8. The lowest BCUT2D eigenvalue weighted by molar-refractivity contribution is -0.356. The van der Waals surface area contributed by atoms with Gasteiger partial charge in [0, 0.05) is 43.6 Å². The lowest BCUT2D eigenvalue weighted by atomic mass is 10.1. The zero-order valence-electron chi connectivity index (χ0n) is 39.1. The smallest absolute Gasteiger partial charge is 0.407 e. The number of imide groups is 1. The standard InChI is InChI=1S/C44H69N7O17/c1-2-10-51(43(55)36-33-38-37(4-3-7-46-38)49-39(45)34-36)68-12-9-48-44(56)67-32-31-66-30-29-65-28-27-64-26-25-63-24-23-62-22-21-61-20-19-60-18-17-59-16-15-58-14-13-57-11-8-47-40(52)35-50-41(53)5-6-42(50)54/h3-7,33H,2,8-32,34-35H2,1H3,(H2,45,49)(H,47,52)(H,48,56)/p+1. The molecule has 5 amide bonds. The molecule has 3 heterocycles. The van der Waals surface area contributed by atoms with Crippen molar-refractivity contribution in [1.82, 2.24) is 25.6 Å². The molecule has 0 atom stereocenters. The number of nitrogens with one attached hydrogen (secondary N) is 3. The predicted octanol–water partition coefficient (Wildman–Crippen LogP) is -1.96. The van der Waals surface area contributed by atoms with Crippen molar-refractivity contribution in [2.75, 3.05) is 172 Å². The average Bonchev–Trinajstić information content (AvgIpc) is 3.53. The highest BCUT2D eigenvalue weighted by atomic mass is 16.7. The van der Waals surface area contributed by atoms with Crippen LogP contribution in [-0.4, -0.2) is 222 Å². The van der Waals surface area contributed by atoms with Crippen molar-refractivity contribution in [3.8, 4) is 0 Å². The molecule has 5 N–H and O–H groups in total. The molecule has 1 aromatic rings. The third-order valence-corrected chi connectivity index (χ3v) is 8.95. The third-order valence-electron chi connectivity index (χ3n) is 8.95. The number of ether oxygens (including phenoxy) is 11. The van der Waals surface area contributed by atoms with Crippen molar-refractivity contribution in [3.63, 3.8) is 0 Å². The summed E-state index contributed by atoms with van der Waals surface area (Å²) in [6.45, 7) is 10.4. The summed E-state index contributed by atoms with van der Waals surface area (Å²) in [5, 5.41) is 6.45. The topological polar surface area (TPSA) is 280 Å². The first kappa shape index (κ1) is 57.3. The number of carbonyl (C=O) groups excluding carboxylic acids is 5. The second kappa shape index (κ2) is 37.9. The Labute approximate surface area is 396 Å². The van der Waals surface area contributed by atoms with E-state index in [1.165, 1.54) is 5.06 Å². The van der Waals surface area contributed by atoms with Crippen LogP contribution in [0.25, 0.3) is 6.08 Å². The van der Waals surface area contributed by atoms with E-state index in [9.17, 15) is 24.0 Å². The Morgan fingerprint density at radius 2 is 1.12 bits per heavy atom. The van der Waals surface area contributed by atoms with E-state index in [4.69, 9.17) is 62.7 Å². The Kier molecular flexibility index (Phi) is 32.0. The van der Waals surface area contributed by atoms with Gasteiger partial charge in [-0.05, 0) is 24.6 Å². The molecule has 0 unspecified atom stereocenters. The van der Waals surface area contributed by atoms with Crippen LogP contribution in [0.2, 0.25) is 0 Å². The molecule has 1 aromatic heterocycles. The normalized spacial score (nSPS) is 13.3. The highest BCUT2D eigenvalue weighted by Crippen LogP contribution is 2.17. The van der Waals surface area contributed by atoms with E-state index in [1.807, 2.05) is 13.0 Å². The van der Waals surface area contributed by atoms with Crippen LogP contribution in [0.15, 0.2) is 36.1 Å². The molecule has 382 valence electrons. The lowest BCUT2D eigenvalue weighted by Gasteiger charge is -2.22. The molecule has 0 aromatic carbocycles. The quantitative estimate of drug-likeness (QED) is 0.0315. The monoisotopic (exact) mass is 968 g/mol. The van der Waals surface area contributed by atoms with Crippen LogP contribution in [0.1, 0.15) is 25.5 Å².